The van der Waals surface area contributed by atoms with Crippen molar-refractivity contribution in [2.24, 2.45) is 0 Å². The van der Waals surface area contributed by atoms with E-state index in [4.69, 9.17) is 4.74 Å². The minimum atomic E-state index is -4.64. The van der Waals surface area contributed by atoms with Crippen LogP contribution in [0.3, 0.4) is 0 Å². The lowest BCUT2D eigenvalue weighted by atomic mass is 10.2. The molecule has 0 saturated carbocycles. The van der Waals surface area contributed by atoms with Gasteiger partial charge in [-0.15, -0.1) is 0 Å². The van der Waals surface area contributed by atoms with E-state index in [0.29, 0.717) is 0 Å². The number of benzene rings is 2. The molecule has 3 N–H and O–H groups in total. The number of amides is 1. The van der Waals surface area contributed by atoms with Gasteiger partial charge < -0.3 is 20.5 Å². The summed E-state index contributed by atoms with van der Waals surface area (Å²) < 4.78 is 58.3. The first-order valence-corrected chi connectivity index (χ1v) is 8.10. The number of ether oxygens (including phenoxy) is 1. The van der Waals surface area contributed by atoms with Crippen LogP contribution < -0.4 is 15.4 Å². The summed E-state index contributed by atoms with van der Waals surface area (Å²) >= 11 is 0. The predicted octanol–water partition coefficient (Wildman–Crippen LogP) is 3.30. The quantitative estimate of drug-likeness (QED) is 0.708. The van der Waals surface area contributed by atoms with Crippen molar-refractivity contribution in [3.05, 3.63) is 53.8 Å². The summed E-state index contributed by atoms with van der Waals surface area (Å²) in [5.74, 6) is -2.30. The highest BCUT2D eigenvalue weighted by molar-refractivity contribution is 5.95. The minimum Gasteiger partial charge on any atom is -0.454 e. The number of halogens is 4. The highest BCUT2D eigenvalue weighted by atomic mass is 19.4. The van der Waals surface area contributed by atoms with E-state index in [2.05, 4.69) is 10.6 Å². The van der Waals surface area contributed by atoms with Crippen LogP contribution in [0.4, 0.5) is 23.2 Å². The third kappa shape index (κ3) is 4.55. The van der Waals surface area contributed by atoms with E-state index in [0.717, 1.165) is 24.3 Å². The zero-order valence-corrected chi connectivity index (χ0v) is 13.9. The standard InChI is InChI=1S/C18H16F4N2O3/c19-13-7-10(24-17(26)14-8-11(25)9-23-14)5-6-16(13)27-15-4-2-1-3-12(15)18(20,21)22/h1-7,11,14,23,25H,8-9H2,(H,24,26). The molecule has 27 heavy (non-hydrogen) atoms. The van der Waals surface area contributed by atoms with Crippen LogP contribution in [0, 0.1) is 5.82 Å². The number of para-hydroxylation sites is 1. The molecule has 1 heterocycles. The number of rotatable bonds is 4. The maximum Gasteiger partial charge on any atom is 0.419 e. The fourth-order valence-electron chi connectivity index (χ4n) is 2.72. The van der Waals surface area contributed by atoms with Gasteiger partial charge in [0.1, 0.15) is 5.75 Å². The van der Waals surface area contributed by atoms with E-state index in [1.54, 1.807) is 0 Å². The molecule has 0 spiro atoms. The molecular formula is C18H16F4N2O3. The molecule has 5 nitrogen and oxygen atoms in total. The Kier molecular flexibility index (Phi) is 5.33. The average molecular weight is 384 g/mol. The zero-order chi connectivity index (χ0) is 19.6. The van der Waals surface area contributed by atoms with Gasteiger partial charge in [-0.2, -0.15) is 13.2 Å². The Balaban J connectivity index is 1.73. The maximum absolute atomic E-state index is 14.2. The van der Waals surface area contributed by atoms with Crippen molar-refractivity contribution in [3.63, 3.8) is 0 Å². The highest BCUT2D eigenvalue weighted by Gasteiger charge is 2.34. The SMILES string of the molecule is O=C(Nc1ccc(Oc2ccccc2C(F)(F)F)c(F)c1)C1CC(O)CN1. The number of nitrogens with one attached hydrogen (secondary N) is 2. The van der Waals surface area contributed by atoms with Gasteiger partial charge in [-0.25, -0.2) is 4.39 Å². The number of alkyl halides is 3. The van der Waals surface area contributed by atoms with Crippen molar-refractivity contribution in [1.82, 2.24) is 5.32 Å². The van der Waals surface area contributed by atoms with Crippen LogP contribution in [0.2, 0.25) is 0 Å². The summed E-state index contributed by atoms with van der Waals surface area (Å²) in [4.78, 5) is 12.0. The molecule has 2 unspecified atom stereocenters. The molecule has 2 aromatic carbocycles. The van der Waals surface area contributed by atoms with E-state index in [1.807, 2.05) is 0 Å². The molecule has 0 bridgehead atoms. The average Bonchev–Trinajstić information content (AvgIpc) is 3.03. The highest BCUT2D eigenvalue weighted by Crippen LogP contribution is 2.38. The summed E-state index contributed by atoms with van der Waals surface area (Å²) in [6, 6.07) is 7.29. The van der Waals surface area contributed by atoms with Crippen LogP contribution in [0.15, 0.2) is 42.5 Å². The first kappa shape index (κ1) is 19.1. The van der Waals surface area contributed by atoms with E-state index < -0.39 is 47.1 Å². The van der Waals surface area contributed by atoms with Crippen molar-refractivity contribution in [1.29, 1.82) is 0 Å². The van der Waals surface area contributed by atoms with Gasteiger partial charge in [0.05, 0.1) is 17.7 Å². The van der Waals surface area contributed by atoms with Crippen molar-refractivity contribution in [2.75, 3.05) is 11.9 Å². The van der Waals surface area contributed by atoms with Crippen LogP contribution in [0.1, 0.15) is 12.0 Å². The van der Waals surface area contributed by atoms with E-state index in [1.165, 1.54) is 18.2 Å². The third-order valence-electron chi connectivity index (χ3n) is 4.04. The third-order valence-corrected chi connectivity index (χ3v) is 4.04. The fourth-order valence-corrected chi connectivity index (χ4v) is 2.72. The smallest absolute Gasteiger partial charge is 0.419 e. The van der Waals surface area contributed by atoms with Crippen LogP contribution in [-0.4, -0.2) is 29.7 Å². The lowest BCUT2D eigenvalue weighted by Crippen LogP contribution is -2.35. The van der Waals surface area contributed by atoms with Crippen LogP contribution in [0.25, 0.3) is 0 Å². The van der Waals surface area contributed by atoms with Gasteiger partial charge >= 0.3 is 6.18 Å². The van der Waals surface area contributed by atoms with Gasteiger partial charge in [0.25, 0.3) is 0 Å². The lowest BCUT2D eigenvalue weighted by molar-refractivity contribution is -0.138. The van der Waals surface area contributed by atoms with E-state index >= 15 is 0 Å². The Labute approximate surface area is 152 Å². The molecule has 144 valence electrons. The van der Waals surface area contributed by atoms with Gasteiger partial charge in [-0.3, -0.25) is 4.79 Å². The topological polar surface area (TPSA) is 70.6 Å². The number of hydrogen-bond acceptors (Lipinski definition) is 4. The summed E-state index contributed by atoms with van der Waals surface area (Å²) in [6.45, 7) is 0.290. The van der Waals surface area contributed by atoms with Crippen LogP contribution in [-0.2, 0) is 11.0 Å². The number of β-amino-alcohol motifs (C(OH)–C–C–N with tert-alkyl or cyclic N) is 1. The molecule has 9 heteroatoms. The number of carbonyl (C=O) groups excluding carboxylic acids is 1. The van der Waals surface area contributed by atoms with Gasteiger partial charge in [-0.05, 0) is 30.7 Å². The second kappa shape index (κ2) is 7.53. The monoisotopic (exact) mass is 384 g/mol. The first-order valence-electron chi connectivity index (χ1n) is 8.10. The Morgan fingerprint density at radius 3 is 2.56 bits per heavy atom. The fraction of sp³-hybridized carbons (Fsp3) is 0.278. The Morgan fingerprint density at radius 1 is 1.19 bits per heavy atom. The number of anilines is 1. The molecular weight excluding hydrogens is 368 g/mol. The van der Waals surface area contributed by atoms with Crippen molar-refractivity contribution >= 4 is 11.6 Å². The molecule has 1 amide bonds. The molecule has 1 aliphatic rings. The van der Waals surface area contributed by atoms with Gasteiger partial charge in [0, 0.05) is 18.3 Å². The largest absolute Gasteiger partial charge is 0.454 e. The van der Waals surface area contributed by atoms with Crippen molar-refractivity contribution in [2.45, 2.75) is 24.7 Å². The summed E-state index contributed by atoms with van der Waals surface area (Å²) in [7, 11) is 0. The molecule has 1 saturated heterocycles. The molecule has 2 aromatic rings. The predicted molar refractivity (Wildman–Crippen MR) is 89.0 cm³/mol. The Morgan fingerprint density at radius 2 is 1.93 bits per heavy atom. The van der Waals surface area contributed by atoms with Crippen molar-refractivity contribution in [3.8, 4) is 11.5 Å². The zero-order valence-electron chi connectivity index (χ0n) is 13.9. The van der Waals surface area contributed by atoms with Gasteiger partial charge in [-0.1, -0.05) is 12.1 Å². The minimum absolute atomic E-state index is 0.122. The second-order valence-corrected chi connectivity index (χ2v) is 6.08. The Bertz CT molecular complexity index is 842. The van der Waals surface area contributed by atoms with Gasteiger partial charge in [0.15, 0.2) is 11.6 Å². The normalized spacial score (nSPS) is 19.7. The van der Waals surface area contributed by atoms with E-state index in [9.17, 15) is 27.5 Å². The van der Waals surface area contributed by atoms with Crippen LogP contribution >= 0.6 is 0 Å². The second-order valence-electron chi connectivity index (χ2n) is 6.08. The molecule has 1 fully saturated rings. The first-order chi connectivity index (χ1) is 12.7. The Hall–Kier alpha value is -2.65. The molecule has 1 aliphatic heterocycles. The van der Waals surface area contributed by atoms with Crippen LogP contribution in [0.5, 0.6) is 11.5 Å². The number of hydrogen-bond donors (Lipinski definition) is 3. The lowest BCUT2D eigenvalue weighted by Gasteiger charge is -2.15. The summed E-state index contributed by atoms with van der Waals surface area (Å²) in [5.41, 5.74) is -0.898. The molecule has 0 aromatic heterocycles. The van der Waals surface area contributed by atoms with Gasteiger partial charge in [0.2, 0.25) is 5.91 Å². The molecule has 0 radical (unpaired) electrons. The molecule has 2 atom stereocenters. The summed E-state index contributed by atoms with van der Waals surface area (Å²) in [6.07, 6.45) is -5.02. The number of carbonyl (C=O) groups is 1. The van der Waals surface area contributed by atoms with Crippen molar-refractivity contribution < 1.29 is 32.2 Å². The molecule has 3 rings (SSSR count). The number of aliphatic hydroxyl groups excluding tert-OH is 1. The summed E-state index contributed by atoms with van der Waals surface area (Å²) in [5, 5.41) is 14.7. The maximum atomic E-state index is 14.2. The van der Waals surface area contributed by atoms with E-state index in [-0.39, 0.29) is 18.7 Å². The molecule has 0 aliphatic carbocycles. The number of aliphatic hydroxyl groups is 1.